The van der Waals surface area contributed by atoms with Gasteiger partial charge in [0.25, 0.3) is 0 Å². The van der Waals surface area contributed by atoms with E-state index in [1.165, 1.54) is 0 Å². The molecular formula is C14H10BrN3. The molecule has 2 aromatic carbocycles. The summed E-state index contributed by atoms with van der Waals surface area (Å²) in [5.41, 5.74) is 2.98. The Kier molecular flexibility index (Phi) is 2.94. The van der Waals surface area contributed by atoms with E-state index in [1.54, 1.807) is 11.0 Å². The maximum absolute atomic E-state index is 4.42. The second kappa shape index (κ2) is 4.74. The van der Waals surface area contributed by atoms with Gasteiger partial charge in [-0.2, -0.15) is 5.10 Å². The minimum atomic E-state index is 0.946. The van der Waals surface area contributed by atoms with Crippen LogP contribution in [0.25, 0.3) is 11.0 Å². The summed E-state index contributed by atoms with van der Waals surface area (Å²) >= 11 is 3.49. The van der Waals surface area contributed by atoms with Crippen molar-refractivity contribution >= 4 is 33.2 Å². The fourth-order valence-corrected chi connectivity index (χ4v) is 2.13. The van der Waals surface area contributed by atoms with Gasteiger partial charge >= 0.3 is 0 Å². The number of imidazole rings is 1. The molecule has 0 aliphatic carbocycles. The lowest BCUT2D eigenvalue weighted by Crippen LogP contribution is -1.89. The molecular weight excluding hydrogens is 290 g/mol. The molecule has 0 saturated carbocycles. The molecule has 0 spiro atoms. The number of halogens is 1. The van der Waals surface area contributed by atoms with Crippen LogP contribution in [0, 0.1) is 0 Å². The van der Waals surface area contributed by atoms with Crippen molar-refractivity contribution in [3.63, 3.8) is 0 Å². The molecule has 0 radical (unpaired) electrons. The number of nitrogens with zero attached hydrogens (tertiary/aromatic N) is 3. The molecule has 3 nitrogen and oxygen atoms in total. The smallest absolute Gasteiger partial charge is 0.118 e. The lowest BCUT2D eigenvalue weighted by atomic mass is 10.2. The van der Waals surface area contributed by atoms with E-state index in [2.05, 4.69) is 26.0 Å². The lowest BCUT2D eigenvalue weighted by Gasteiger charge is -1.97. The summed E-state index contributed by atoms with van der Waals surface area (Å²) in [7, 11) is 0. The summed E-state index contributed by atoms with van der Waals surface area (Å²) in [6.45, 7) is 0. The number of para-hydroxylation sites is 2. The Hall–Kier alpha value is -1.94. The quantitative estimate of drug-likeness (QED) is 0.664. The summed E-state index contributed by atoms with van der Waals surface area (Å²) in [6.07, 6.45) is 3.54. The number of hydrogen-bond acceptors (Lipinski definition) is 2. The maximum atomic E-state index is 4.42. The van der Waals surface area contributed by atoms with Crippen LogP contribution in [0.1, 0.15) is 5.56 Å². The van der Waals surface area contributed by atoms with Gasteiger partial charge in [0.15, 0.2) is 0 Å². The van der Waals surface area contributed by atoms with Crippen LogP contribution >= 0.6 is 15.9 Å². The highest BCUT2D eigenvalue weighted by molar-refractivity contribution is 9.10. The van der Waals surface area contributed by atoms with Crippen molar-refractivity contribution in [3.8, 4) is 0 Å². The Morgan fingerprint density at radius 1 is 1.06 bits per heavy atom. The van der Waals surface area contributed by atoms with Gasteiger partial charge in [-0.05, 0) is 18.2 Å². The molecule has 0 amide bonds. The van der Waals surface area contributed by atoms with Gasteiger partial charge in [-0.1, -0.05) is 46.3 Å². The van der Waals surface area contributed by atoms with Gasteiger partial charge in [0, 0.05) is 10.0 Å². The molecule has 0 N–H and O–H groups in total. The van der Waals surface area contributed by atoms with Gasteiger partial charge in [-0.15, -0.1) is 0 Å². The van der Waals surface area contributed by atoms with E-state index in [-0.39, 0.29) is 0 Å². The molecule has 0 saturated heterocycles. The minimum absolute atomic E-state index is 0.946. The summed E-state index contributed by atoms with van der Waals surface area (Å²) < 4.78 is 2.80. The maximum Gasteiger partial charge on any atom is 0.118 e. The fraction of sp³-hybridized carbons (Fsp3) is 0. The highest BCUT2D eigenvalue weighted by Crippen LogP contribution is 2.15. The first kappa shape index (κ1) is 11.2. The van der Waals surface area contributed by atoms with Crippen LogP contribution < -0.4 is 0 Å². The average molecular weight is 300 g/mol. The molecule has 88 valence electrons. The molecule has 0 aliphatic heterocycles. The first-order valence-electron chi connectivity index (χ1n) is 5.55. The number of aromatic nitrogens is 2. The molecule has 0 aliphatic rings. The number of hydrogen-bond donors (Lipinski definition) is 0. The Morgan fingerprint density at radius 3 is 2.72 bits per heavy atom. The highest BCUT2D eigenvalue weighted by Gasteiger charge is 1.99. The van der Waals surface area contributed by atoms with Gasteiger partial charge in [0.2, 0.25) is 0 Å². The molecule has 0 bridgehead atoms. The van der Waals surface area contributed by atoms with Crippen molar-refractivity contribution in [2.75, 3.05) is 0 Å². The molecule has 4 heteroatoms. The lowest BCUT2D eigenvalue weighted by molar-refractivity contribution is 0.914. The van der Waals surface area contributed by atoms with Crippen LogP contribution in [0.15, 0.2) is 64.4 Å². The largest absolute Gasteiger partial charge is 0.235 e. The van der Waals surface area contributed by atoms with E-state index < -0.39 is 0 Å². The first-order valence-corrected chi connectivity index (χ1v) is 6.35. The topological polar surface area (TPSA) is 30.2 Å². The van der Waals surface area contributed by atoms with E-state index in [0.717, 1.165) is 21.1 Å². The number of fused-ring (bicyclic) bond motifs is 1. The SMILES string of the molecule is Brc1ccccc1/C=N\n1cnc2ccccc21. The van der Waals surface area contributed by atoms with Crippen LogP contribution in [0.4, 0.5) is 0 Å². The third kappa shape index (κ3) is 2.07. The summed E-state index contributed by atoms with van der Waals surface area (Å²) in [5, 5.41) is 4.42. The molecule has 18 heavy (non-hydrogen) atoms. The first-order chi connectivity index (χ1) is 8.84. The van der Waals surface area contributed by atoms with Crippen molar-refractivity contribution in [2.45, 2.75) is 0 Å². The van der Waals surface area contributed by atoms with Gasteiger partial charge < -0.3 is 0 Å². The van der Waals surface area contributed by atoms with Gasteiger partial charge in [0.1, 0.15) is 6.33 Å². The van der Waals surface area contributed by atoms with Crippen LogP contribution in [-0.2, 0) is 0 Å². The second-order valence-corrected chi connectivity index (χ2v) is 4.70. The van der Waals surface area contributed by atoms with E-state index >= 15 is 0 Å². The zero-order valence-corrected chi connectivity index (χ0v) is 11.1. The van der Waals surface area contributed by atoms with Crippen LogP contribution in [0.3, 0.4) is 0 Å². The molecule has 3 rings (SSSR count). The van der Waals surface area contributed by atoms with Gasteiger partial charge in [0.05, 0.1) is 17.2 Å². The molecule has 1 aromatic heterocycles. The summed E-state index contributed by atoms with van der Waals surface area (Å²) in [5.74, 6) is 0. The van der Waals surface area contributed by atoms with E-state index in [4.69, 9.17) is 0 Å². The molecule has 1 heterocycles. The third-order valence-corrected chi connectivity index (χ3v) is 3.38. The van der Waals surface area contributed by atoms with Crippen LogP contribution in [-0.4, -0.2) is 15.9 Å². The third-order valence-electron chi connectivity index (χ3n) is 2.66. The van der Waals surface area contributed by atoms with Crippen LogP contribution in [0.5, 0.6) is 0 Å². The Labute approximate surface area is 113 Å². The molecule has 0 unspecified atom stereocenters. The van der Waals surface area contributed by atoms with Gasteiger partial charge in [-0.3, -0.25) is 0 Å². The Balaban J connectivity index is 2.00. The Bertz CT molecular complexity index is 716. The standard InChI is InChI=1S/C14H10BrN3/c15-12-6-2-1-5-11(12)9-17-18-10-16-13-7-3-4-8-14(13)18/h1-10H/b17-9-. The predicted octanol–water partition coefficient (Wildman–Crippen LogP) is 3.68. The van der Waals surface area contributed by atoms with Crippen molar-refractivity contribution < 1.29 is 0 Å². The molecule has 0 fully saturated rings. The fourth-order valence-electron chi connectivity index (χ4n) is 1.74. The van der Waals surface area contributed by atoms with E-state index in [9.17, 15) is 0 Å². The zero-order chi connectivity index (χ0) is 12.4. The summed E-state index contributed by atoms with van der Waals surface area (Å²) in [6, 6.07) is 15.9. The van der Waals surface area contributed by atoms with Gasteiger partial charge in [-0.25, -0.2) is 9.66 Å². The monoisotopic (exact) mass is 299 g/mol. The van der Waals surface area contributed by atoms with E-state index in [1.807, 2.05) is 54.7 Å². The normalized spacial score (nSPS) is 11.4. The predicted molar refractivity (Wildman–Crippen MR) is 76.9 cm³/mol. The zero-order valence-electron chi connectivity index (χ0n) is 9.49. The van der Waals surface area contributed by atoms with Crippen molar-refractivity contribution in [1.29, 1.82) is 0 Å². The average Bonchev–Trinajstić information content (AvgIpc) is 2.81. The minimum Gasteiger partial charge on any atom is -0.235 e. The summed E-state index contributed by atoms with van der Waals surface area (Å²) in [4.78, 5) is 4.29. The highest BCUT2D eigenvalue weighted by atomic mass is 79.9. The Morgan fingerprint density at radius 2 is 1.83 bits per heavy atom. The number of benzene rings is 2. The van der Waals surface area contributed by atoms with Crippen LogP contribution in [0.2, 0.25) is 0 Å². The van der Waals surface area contributed by atoms with E-state index in [0.29, 0.717) is 0 Å². The van der Waals surface area contributed by atoms with Crippen molar-refractivity contribution in [3.05, 3.63) is 64.9 Å². The second-order valence-electron chi connectivity index (χ2n) is 3.84. The molecule has 3 aromatic rings. The molecule has 0 atom stereocenters. The number of rotatable bonds is 2. The van der Waals surface area contributed by atoms with Crippen molar-refractivity contribution in [1.82, 2.24) is 9.66 Å². The van der Waals surface area contributed by atoms with Crippen molar-refractivity contribution in [2.24, 2.45) is 5.10 Å².